The van der Waals surface area contributed by atoms with Gasteiger partial charge in [0.25, 0.3) is 0 Å². The summed E-state index contributed by atoms with van der Waals surface area (Å²) in [5.41, 5.74) is -0.663. The Hall–Kier alpha value is -1.66. The van der Waals surface area contributed by atoms with Gasteiger partial charge in [0.05, 0.1) is 10.0 Å². The molecular weight excluding hydrogens is 295 g/mol. The zero-order chi connectivity index (χ0) is 14.8. The van der Waals surface area contributed by atoms with Crippen LogP contribution in [0.5, 0.6) is 11.5 Å². The molecule has 1 N–H and O–H groups in total. The predicted molar refractivity (Wildman–Crippen MR) is 81.4 cm³/mol. The maximum absolute atomic E-state index is 9.93. The van der Waals surface area contributed by atoms with E-state index in [0.29, 0.717) is 27.1 Å². The molecule has 20 heavy (non-hydrogen) atoms. The van der Waals surface area contributed by atoms with Crippen molar-refractivity contribution >= 4 is 23.2 Å². The van der Waals surface area contributed by atoms with E-state index >= 15 is 0 Å². The molecule has 0 saturated carbocycles. The lowest BCUT2D eigenvalue weighted by Crippen LogP contribution is -2.17. The minimum atomic E-state index is -1.29. The van der Waals surface area contributed by atoms with Crippen molar-refractivity contribution in [3.05, 3.63) is 58.1 Å². The van der Waals surface area contributed by atoms with Crippen molar-refractivity contribution in [2.24, 2.45) is 0 Å². The van der Waals surface area contributed by atoms with Crippen molar-refractivity contribution in [2.75, 3.05) is 0 Å². The molecule has 2 aromatic rings. The summed E-state index contributed by atoms with van der Waals surface area (Å²) >= 11 is 11.8. The van der Waals surface area contributed by atoms with E-state index in [4.69, 9.17) is 34.4 Å². The van der Waals surface area contributed by atoms with E-state index in [9.17, 15) is 5.11 Å². The summed E-state index contributed by atoms with van der Waals surface area (Å²) in [5.74, 6) is 3.51. The van der Waals surface area contributed by atoms with Gasteiger partial charge in [0.2, 0.25) is 0 Å². The highest BCUT2D eigenvalue weighted by molar-refractivity contribution is 6.42. The van der Waals surface area contributed by atoms with Gasteiger partial charge in [0, 0.05) is 6.07 Å². The number of aliphatic hydroxyl groups is 1. The van der Waals surface area contributed by atoms with Gasteiger partial charge in [0.1, 0.15) is 17.1 Å². The van der Waals surface area contributed by atoms with E-state index in [2.05, 4.69) is 5.92 Å². The molecule has 0 heterocycles. The fourth-order valence-corrected chi connectivity index (χ4v) is 1.90. The van der Waals surface area contributed by atoms with Gasteiger partial charge >= 0.3 is 0 Å². The predicted octanol–water partition coefficient (Wildman–Crippen LogP) is 4.63. The van der Waals surface area contributed by atoms with E-state index in [1.54, 1.807) is 49.4 Å². The van der Waals surface area contributed by atoms with Crippen molar-refractivity contribution in [1.29, 1.82) is 0 Å². The Kier molecular flexibility index (Phi) is 4.25. The van der Waals surface area contributed by atoms with Gasteiger partial charge in [-0.2, -0.15) is 0 Å². The summed E-state index contributed by atoms with van der Waals surface area (Å²) in [6, 6.07) is 11.9. The van der Waals surface area contributed by atoms with Crippen LogP contribution >= 0.6 is 23.2 Å². The van der Waals surface area contributed by atoms with Crippen molar-refractivity contribution < 1.29 is 9.84 Å². The monoisotopic (exact) mass is 306 g/mol. The first-order valence-corrected chi connectivity index (χ1v) is 6.61. The highest BCUT2D eigenvalue weighted by Gasteiger charge is 2.19. The molecule has 0 amide bonds. The average molecular weight is 307 g/mol. The standard InChI is InChI=1S/C16H12Cl2O2/c1-3-16(2,19)11-4-6-12(7-5-11)20-13-8-9-14(17)15(18)10-13/h1,4-10,19H,2H3. The second-order valence-corrected chi connectivity index (χ2v) is 5.23. The molecule has 0 radical (unpaired) electrons. The maximum atomic E-state index is 9.93. The van der Waals surface area contributed by atoms with E-state index in [1.807, 2.05) is 0 Å². The van der Waals surface area contributed by atoms with Crippen LogP contribution in [0.15, 0.2) is 42.5 Å². The van der Waals surface area contributed by atoms with Crippen LogP contribution in [0.1, 0.15) is 12.5 Å². The molecule has 0 bridgehead atoms. The Balaban J connectivity index is 2.19. The van der Waals surface area contributed by atoms with Gasteiger partial charge in [-0.1, -0.05) is 41.3 Å². The molecule has 1 atom stereocenters. The van der Waals surface area contributed by atoms with Crippen molar-refractivity contribution in [3.63, 3.8) is 0 Å². The van der Waals surface area contributed by atoms with Crippen molar-refractivity contribution in [3.8, 4) is 23.8 Å². The van der Waals surface area contributed by atoms with Crippen LogP contribution in [0, 0.1) is 12.3 Å². The smallest absolute Gasteiger partial charge is 0.147 e. The largest absolute Gasteiger partial charge is 0.457 e. The Labute approximate surface area is 127 Å². The van der Waals surface area contributed by atoms with E-state index in [0.717, 1.165) is 0 Å². The fraction of sp³-hybridized carbons (Fsp3) is 0.125. The van der Waals surface area contributed by atoms with Crippen molar-refractivity contribution in [1.82, 2.24) is 0 Å². The summed E-state index contributed by atoms with van der Waals surface area (Å²) in [4.78, 5) is 0. The number of halogens is 2. The third-order valence-electron chi connectivity index (χ3n) is 2.82. The zero-order valence-electron chi connectivity index (χ0n) is 10.7. The zero-order valence-corrected chi connectivity index (χ0v) is 12.2. The molecule has 2 nitrogen and oxygen atoms in total. The molecule has 2 aromatic carbocycles. The lowest BCUT2D eigenvalue weighted by molar-refractivity contribution is 0.122. The number of terminal acetylenes is 1. The van der Waals surface area contributed by atoms with Crippen LogP contribution in [-0.2, 0) is 5.60 Å². The van der Waals surface area contributed by atoms with Crippen LogP contribution in [0.25, 0.3) is 0 Å². The number of hydrogen-bond donors (Lipinski definition) is 1. The Bertz CT molecular complexity index is 655. The quantitative estimate of drug-likeness (QED) is 0.838. The lowest BCUT2D eigenvalue weighted by atomic mass is 9.97. The van der Waals surface area contributed by atoms with Gasteiger partial charge < -0.3 is 9.84 Å². The minimum Gasteiger partial charge on any atom is -0.457 e. The molecular formula is C16H12Cl2O2. The van der Waals surface area contributed by atoms with Gasteiger partial charge in [0.15, 0.2) is 0 Å². The Morgan fingerprint density at radius 3 is 2.20 bits per heavy atom. The summed E-state index contributed by atoms with van der Waals surface area (Å²) in [7, 11) is 0. The summed E-state index contributed by atoms with van der Waals surface area (Å²) < 4.78 is 5.64. The molecule has 102 valence electrons. The first kappa shape index (κ1) is 14.7. The molecule has 0 aliphatic rings. The number of hydrogen-bond acceptors (Lipinski definition) is 2. The third kappa shape index (κ3) is 3.26. The van der Waals surface area contributed by atoms with Crippen LogP contribution in [0.4, 0.5) is 0 Å². The Morgan fingerprint density at radius 1 is 1.05 bits per heavy atom. The molecule has 0 aliphatic carbocycles. The van der Waals surface area contributed by atoms with Gasteiger partial charge in [-0.3, -0.25) is 0 Å². The van der Waals surface area contributed by atoms with Crippen LogP contribution in [0.3, 0.4) is 0 Å². The van der Waals surface area contributed by atoms with E-state index in [-0.39, 0.29) is 0 Å². The van der Waals surface area contributed by atoms with Gasteiger partial charge in [-0.25, -0.2) is 0 Å². The normalized spacial score (nSPS) is 13.3. The minimum absolute atomic E-state index is 0.427. The Morgan fingerprint density at radius 2 is 1.65 bits per heavy atom. The molecule has 1 unspecified atom stereocenters. The second kappa shape index (κ2) is 5.76. The topological polar surface area (TPSA) is 29.5 Å². The first-order chi connectivity index (χ1) is 9.42. The number of ether oxygens (including phenoxy) is 1. The fourth-order valence-electron chi connectivity index (χ4n) is 1.61. The van der Waals surface area contributed by atoms with Crippen molar-refractivity contribution in [2.45, 2.75) is 12.5 Å². The van der Waals surface area contributed by atoms with Gasteiger partial charge in [-0.05, 0) is 36.8 Å². The number of benzene rings is 2. The van der Waals surface area contributed by atoms with Crippen LogP contribution in [0.2, 0.25) is 10.0 Å². The SMILES string of the molecule is C#CC(C)(O)c1ccc(Oc2ccc(Cl)c(Cl)c2)cc1. The van der Waals surface area contributed by atoms with E-state index in [1.165, 1.54) is 0 Å². The highest BCUT2D eigenvalue weighted by atomic mass is 35.5. The van der Waals surface area contributed by atoms with Crippen LogP contribution < -0.4 is 4.74 Å². The van der Waals surface area contributed by atoms with Crippen LogP contribution in [-0.4, -0.2) is 5.11 Å². The molecule has 0 aromatic heterocycles. The second-order valence-electron chi connectivity index (χ2n) is 4.42. The lowest BCUT2D eigenvalue weighted by Gasteiger charge is -2.17. The molecule has 0 spiro atoms. The first-order valence-electron chi connectivity index (χ1n) is 5.86. The summed E-state index contributed by atoms with van der Waals surface area (Å²) in [6.07, 6.45) is 5.27. The maximum Gasteiger partial charge on any atom is 0.147 e. The summed E-state index contributed by atoms with van der Waals surface area (Å²) in [5, 5.41) is 10.8. The molecule has 4 heteroatoms. The summed E-state index contributed by atoms with van der Waals surface area (Å²) in [6.45, 7) is 1.56. The molecule has 0 aliphatic heterocycles. The molecule has 2 rings (SSSR count). The number of rotatable bonds is 3. The van der Waals surface area contributed by atoms with Gasteiger partial charge in [-0.15, -0.1) is 6.42 Å². The highest BCUT2D eigenvalue weighted by Crippen LogP contribution is 2.30. The average Bonchev–Trinajstić information content (AvgIpc) is 2.43. The third-order valence-corrected chi connectivity index (χ3v) is 3.56. The molecule has 0 fully saturated rings. The molecule has 0 saturated heterocycles. The van der Waals surface area contributed by atoms with E-state index < -0.39 is 5.60 Å².